The molecule has 0 aromatic carbocycles. The molecule has 5 heteroatoms. The predicted octanol–water partition coefficient (Wildman–Crippen LogP) is 2.25. The minimum atomic E-state index is -0.0631. The fourth-order valence-corrected chi connectivity index (χ4v) is 4.35. The van der Waals surface area contributed by atoms with Gasteiger partial charge >= 0.3 is 0 Å². The maximum Gasteiger partial charge on any atom is 0.271 e. The van der Waals surface area contributed by atoms with Gasteiger partial charge in [0.05, 0.1) is 11.7 Å². The van der Waals surface area contributed by atoms with E-state index < -0.39 is 0 Å². The van der Waals surface area contributed by atoms with Gasteiger partial charge in [-0.2, -0.15) is 0 Å². The molecule has 0 spiro atoms. The second-order valence-electron chi connectivity index (χ2n) is 7.47. The van der Waals surface area contributed by atoms with Gasteiger partial charge in [0.15, 0.2) is 0 Å². The summed E-state index contributed by atoms with van der Waals surface area (Å²) in [6, 6.07) is 4.25. The van der Waals surface area contributed by atoms with E-state index in [0.29, 0.717) is 11.6 Å². The minimum absolute atomic E-state index is 0.0181. The summed E-state index contributed by atoms with van der Waals surface area (Å²) in [6.45, 7) is 8.82. The van der Waals surface area contributed by atoms with Gasteiger partial charge in [-0.05, 0) is 64.8 Å². The van der Waals surface area contributed by atoms with Gasteiger partial charge in [0, 0.05) is 23.5 Å². The Hall–Kier alpha value is -1.88. The summed E-state index contributed by atoms with van der Waals surface area (Å²) in [5.41, 5.74) is 2.63. The Kier molecular flexibility index (Phi) is 3.23. The Morgan fingerprint density at radius 1 is 1.30 bits per heavy atom. The zero-order chi connectivity index (χ0) is 16.2. The fourth-order valence-electron chi connectivity index (χ4n) is 4.35. The lowest BCUT2D eigenvalue weighted by molar-refractivity contribution is -0.0378. The molecular formula is C18H24N4O. The summed E-state index contributed by atoms with van der Waals surface area (Å²) in [5, 5.41) is 3.28. The summed E-state index contributed by atoms with van der Waals surface area (Å²) in [5.74, 6) is 0.517. The lowest BCUT2D eigenvalue weighted by Gasteiger charge is -2.56. The third kappa shape index (κ3) is 2.26. The Morgan fingerprint density at radius 2 is 2.04 bits per heavy atom. The van der Waals surface area contributed by atoms with Crippen LogP contribution in [0, 0.1) is 12.8 Å². The monoisotopic (exact) mass is 312 g/mol. The second-order valence-corrected chi connectivity index (χ2v) is 7.47. The highest BCUT2D eigenvalue weighted by Gasteiger charge is 2.48. The number of nitrogens with one attached hydrogen (secondary N) is 1. The zero-order valence-corrected chi connectivity index (χ0v) is 14.0. The highest BCUT2D eigenvalue weighted by atomic mass is 16.2. The number of hydrogen-bond acceptors (Lipinski definition) is 3. The molecule has 3 saturated heterocycles. The van der Waals surface area contributed by atoms with E-state index in [1.807, 2.05) is 29.7 Å². The topological polar surface area (TPSA) is 49.6 Å². The first-order valence-electron chi connectivity index (χ1n) is 8.46. The number of hydrogen-bond donors (Lipinski definition) is 1. The average molecular weight is 312 g/mol. The van der Waals surface area contributed by atoms with E-state index >= 15 is 0 Å². The molecule has 1 amide bonds. The van der Waals surface area contributed by atoms with Crippen LogP contribution in [0.3, 0.4) is 0 Å². The smallest absolute Gasteiger partial charge is 0.271 e. The van der Waals surface area contributed by atoms with Gasteiger partial charge in [-0.25, -0.2) is 4.98 Å². The number of amides is 1. The van der Waals surface area contributed by atoms with Crippen molar-refractivity contribution >= 4 is 11.4 Å². The molecule has 3 fully saturated rings. The molecule has 1 N–H and O–H groups in total. The summed E-state index contributed by atoms with van der Waals surface area (Å²) in [7, 11) is 0. The molecular weight excluding hydrogens is 288 g/mol. The Labute approximate surface area is 136 Å². The molecule has 0 radical (unpaired) electrons. The van der Waals surface area contributed by atoms with Gasteiger partial charge in [-0.15, -0.1) is 0 Å². The van der Waals surface area contributed by atoms with Crippen LogP contribution in [0.5, 0.6) is 0 Å². The lowest BCUT2D eigenvalue weighted by Crippen LogP contribution is -2.69. The van der Waals surface area contributed by atoms with Crippen LogP contribution in [-0.2, 0) is 0 Å². The number of piperidine rings is 3. The molecule has 2 aromatic heterocycles. The lowest BCUT2D eigenvalue weighted by atomic mass is 9.72. The van der Waals surface area contributed by atoms with Crippen LogP contribution < -0.4 is 5.32 Å². The maximum absolute atomic E-state index is 12.7. The number of aromatic nitrogens is 2. The van der Waals surface area contributed by atoms with Gasteiger partial charge in [0.25, 0.3) is 5.91 Å². The van der Waals surface area contributed by atoms with Crippen molar-refractivity contribution < 1.29 is 4.79 Å². The van der Waals surface area contributed by atoms with E-state index in [1.165, 1.54) is 12.8 Å². The van der Waals surface area contributed by atoms with Crippen LogP contribution in [0.25, 0.3) is 5.52 Å². The predicted molar refractivity (Wildman–Crippen MR) is 89.6 cm³/mol. The van der Waals surface area contributed by atoms with E-state index in [0.717, 1.165) is 24.3 Å². The molecule has 3 aliphatic rings. The molecule has 1 atom stereocenters. The third-order valence-electron chi connectivity index (χ3n) is 5.85. The molecule has 2 aromatic rings. The van der Waals surface area contributed by atoms with Crippen LogP contribution in [0.15, 0.2) is 24.5 Å². The standard InChI is InChI=1S/C18H24N4O/c1-12-4-5-14-10-19-15(11-22(12)14)17(23)20-16-13-6-8-21(9-7-13)18(16,2)3/h4-5,10-11,13,16H,6-9H2,1-3H3,(H,20,23)/t16-/m1/s1. The van der Waals surface area contributed by atoms with E-state index in [9.17, 15) is 4.79 Å². The van der Waals surface area contributed by atoms with Crippen molar-refractivity contribution in [3.63, 3.8) is 0 Å². The van der Waals surface area contributed by atoms with Crippen molar-refractivity contribution in [2.24, 2.45) is 5.92 Å². The highest BCUT2D eigenvalue weighted by Crippen LogP contribution is 2.39. The van der Waals surface area contributed by atoms with E-state index in [4.69, 9.17) is 0 Å². The molecule has 0 aliphatic carbocycles. The van der Waals surface area contributed by atoms with Crippen LogP contribution >= 0.6 is 0 Å². The number of carbonyl (C=O) groups excluding carboxylic acids is 1. The SMILES string of the molecule is Cc1ccc2cnc(C(=O)N[C@@H]3C4CCN(CC4)C3(C)C)cn12. The van der Waals surface area contributed by atoms with Crippen molar-refractivity contribution in [1.82, 2.24) is 19.6 Å². The van der Waals surface area contributed by atoms with Crippen LogP contribution in [0.1, 0.15) is 42.9 Å². The quantitative estimate of drug-likeness (QED) is 0.925. The second kappa shape index (κ2) is 5.06. The first kappa shape index (κ1) is 14.7. The number of aryl methyl sites for hydroxylation is 1. The molecule has 5 heterocycles. The number of carbonyl (C=O) groups is 1. The first-order chi connectivity index (χ1) is 11.0. The largest absolute Gasteiger partial charge is 0.346 e. The van der Waals surface area contributed by atoms with Crippen LogP contribution in [-0.4, -0.2) is 44.9 Å². The highest BCUT2D eigenvalue weighted by molar-refractivity contribution is 5.92. The molecule has 122 valence electrons. The number of rotatable bonds is 2. The van der Waals surface area contributed by atoms with Gasteiger partial charge in [-0.1, -0.05) is 0 Å². The maximum atomic E-state index is 12.7. The zero-order valence-electron chi connectivity index (χ0n) is 14.0. The van der Waals surface area contributed by atoms with Crippen molar-refractivity contribution in [1.29, 1.82) is 0 Å². The molecule has 3 aliphatic heterocycles. The van der Waals surface area contributed by atoms with E-state index in [-0.39, 0.29) is 17.5 Å². The Balaban J connectivity index is 1.60. The number of fused-ring (bicyclic) bond motifs is 4. The van der Waals surface area contributed by atoms with Crippen molar-refractivity contribution in [2.45, 2.75) is 45.2 Å². The third-order valence-corrected chi connectivity index (χ3v) is 5.85. The molecule has 2 bridgehead atoms. The number of nitrogens with zero attached hydrogens (tertiary/aromatic N) is 3. The normalized spacial score (nSPS) is 28.9. The van der Waals surface area contributed by atoms with Gasteiger partial charge in [0.1, 0.15) is 5.69 Å². The van der Waals surface area contributed by atoms with Gasteiger partial charge < -0.3 is 9.72 Å². The molecule has 23 heavy (non-hydrogen) atoms. The van der Waals surface area contributed by atoms with Crippen molar-refractivity contribution in [3.05, 3.63) is 35.9 Å². The van der Waals surface area contributed by atoms with Gasteiger partial charge in [-0.3, -0.25) is 9.69 Å². The minimum Gasteiger partial charge on any atom is -0.346 e. The molecule has 0 unspecified atom stereocenters. The molecule has 0 saturated carbocycles. The van der Waals surface area contributed by atoms with Gasteiger partial charge in [0.2, 0.25) is 0 Å². The van der Waals surface area contributed by atoms with Crippen molar-refractivity contribution in [2.75, 3.05) is 13.1 Å². The summed E-state index contributed by atoms with van der Waals surface area (Å²) in [6.07, 6.45) is 5.97. The molecule has 5 rings (SSSR count). The summed E-state index contributed by atoms with van der Waals surface area (Å²) >= 11 is 0. The molecule has 5 nitrogen and oxygen atoms in total. The first-order valence-corrected chi connectivity index (χ1v) is 8.46. The Morgan fingerprint density at radius 3 is 2.74 bits per heavy atom. The summed E-state index contributed by atoms with van der Waals surface area (Å²) in [4.78, 5) is 19.6. The summed E-state index contributed by atoms with van der Waals surface area (Å²) < 4.78 is 2.02. The van der Waals surface area contributed by atoms with Crippen LogP contribution in [0.2, 0.25) is 0 Å². The van der Waals surface area contributed by atoms with E-state index in [1.54, 1.807) is 6.20 Å². The fraction of sp³-hybridized carbons (Fsp3) is 0.556. The van der Waals surface area contributed by atoms with Crippen molar-refractivity contribution in [3.8, 4) is 0 Å². The van der Waals surface area contributed by atoms with Crippen LogP contribution in [0.4, 0.5) is 0 Å². The Bertz CT molecular complexity index is 755. The van der Waals surface area contributed by atoms with E-state index in [2.05, 4.69) is 29.0 Å². The average Bonchev–Trinajstić information content (AvgIpc) is 2.92.